The first-order valence-electron chi connectivity index (χ1n) is 14.5. The third-order valence-electron chi connectivity index (χ3n) is 8.23. The minimum atomic E-state index is -0.229. The van der Waals surface area contributed by atoms with Crippen molar-refractivity contribution in [2.75, 3.05) is 29.0 Å². The molecule has 1 saturated heterocycles. The Hall–Kier alpha value is -4.14. The summed E-state index contributed by atoms with van der Waals surface area (Å²) >= 11 is 0. The smallest absolute Gasteiger partial charge is 0.317 e. The molecule has 9 nitrogen and oxygen atoms in total. The molecule has 0 radical (unpaired) electrons. The monoisotopic (exact) mass is 539 g/mol. The molecule has 1 aromatic heterocycles. The van der Waals surface area contributed by atoms with Gasteiger partial charge < -0.3 is 26.2 Å². The summed E-state index contributed by atoms with van der Waals surface area (Å²) in [6, 6.07) is 14.5. The van der Waals surface area contributed by atoms with E-state index in [1.807, 2.05) is 36.1 Å². The van der Waals surface area contributed by atoms with Gasteiger partial charge in [0, 0.05) is 48.0 Å². The number of amides is 3. The number of likely N-dealkylation sites (tertiary alicyclic amines) is 1. The second-order valence-corrected chi connectivity index (χ2v) is 11.3. The second kappa shape index (κ2) is 11.5. The molecule has 2 aliphatic heterocycles. The van der Waals surface area contributed by atoms with Crippen LogP contribution in [-0.4, -0.2) is 45.9 Å². The number of aromatic nitrogens is 2. The number of anilines is 5. The lowest BCUT2D eigenvalue weighted by atomic mass is 9.96. The molecule has 208 valence electrons. The Morgan fingerprint density at radius 3 is 2.70 bits per heavy atom. The molecule has 40 heavy (non-hydrogen) atoms. The highest BCUT2D eigenvalue weighted by atomic mass is 16.2. The van der Waals surface area contributed by atoms with Gasteiger partial charge in [-0.25, -0.2) is 9.78 Å². The zero-order valence-corrected chi connectivity index (χ0v) is 23.0. The van der Waals surface area contributed by atoms with Crippen molar-refractivity contribution in [1.82, 2.24) is 20.2 Å². The standard InChI is InChI=1S/C31H37N7O2/c1-20-18-32-30-34-25-10-4-6-21(16-25)11-12-22-17-26(33-28(20)37-30)13-14-27(22)36-29(39)23-7-5-15-38(19-23)31(40)35-24-8-2-3-9-24/h4,6,10,13-14,16-18,23-24H,2-3,5,7-9,11-12,15,19H2,1H3,(H,35,40)(H,36,39)(H2,32,33,34,37). The molecule has 1 unspecified atom stereocenters. The summed E-state index contributed by atoms with van der Waals surface area (Å²) in [5.74, 6) is 1.01. The summed E-state index contributed by atoms with van der Waals surface area (Å²) in [5.41, 5.74) is 5.82. The Bertz CT molecular complexity index is 1400. The Labute approximate surface area is 235 Å². The van der Waals surface area contributed by atoms with Crippen LogP contribution in [0.3, 0.4) is 0 Å². The fourth-order valence-corrected chi connectivity index (χ4v) is 5.92. The molecule has 6 rings (SSSR count). The fourth-order valence-electron chi connectivity index (χ4n) is 5.92. The Balaban J connectivity index is 1.20. The molecular formula is C31H37N7O2. The van der Waals surface area contributed by atoms with Crippen molar-refractivity contribution in [3.05, 3.63) is 65.4 Å². The maximum Gasteiger partial charge on any atom is 0.317 e. The van der Waals surface area contributed by atoms with E-state index in [2.05, 4.69) is 49.4 Å². The summed E-state index contributed by atoms with van der Waals surface area (Å²) in [6.45, 7) is 3.13. The van der Waals surface area contributed by atoms with Crippen molar-refractivity contribution >= 4 is 40.8 Å². The van der Waals surface area contributed by atoms with E-state index >= 15 is 0 Å². The summed E-state index contributed by atoms with van der Waals surface area (Å²) in [5, 5.41) is 13.1. The number of carbonyl (C=O) groups excluding carboxylic acids is 2. The van der Waals surface area contributed by atoms with Gasteiger partial charge in [-0.15, -0.1) is 0 Å². The first-order chi connectivity index (χ1) is 19.5. The van der Waals surface area contributed by atoms with E-state index in [1.54, 1.807) is 6.20 Å². The first kappa shape index (κ1) is 26.1. The number of nitrogens with one attached hydrogen (secondary N) is 4. The van der Waals surface area contributed by atoms with E-state index < -0.39 is 0 Å². The van der Waals surface area contributed by atoms with E-state index in [4.69, 9.17) is 0 Å². The minimum Gasteiger partial charge on any atom is -0.340 e. The predicted molar refractivity (Wildman–Crippen MR) is 157 cm³/mol. The number of carbonyl (C=O) groups is 2. The van der Waals surface area contributed by atoms with Crippen LogP contribution in [0.2, 0.25) is 0 Å². The van der Waals surface area contributed by atoms with Gasteiger partial charge in [0.05, 0.1) is 5.92 Å². The van der Waals surface area contributed by atoms with E-state index in [9.17, 15) is 9.59 Å². The van der Waals surface area contributed by atoms with E-state index in [-0.39, 0.29) is 23.9 Å². The summed E-state index contributed by atoms with van der Waals surface area (Å²) < 4.78 is 0. The molecule has 3 aliphatic rings. The summed E-state index contributed by atoms with van der Waals surface area (Å²) in [4.78, 5) is 37.3. The summed E-state index contributed by atoms with van der Waals surface area (Å²) in [7, 11) is 0. The van der Waals surface area contributed by atoms with Crippen molar-refractivity contribution < 1.29 is 9.59 Å². The first-order valence-corrected chi connectivity index (χ1v) is 14.5. The molecule has 2 aromatic carbocycles. The van der Waals surface area contributed by atoms with Crippen LogP contribution in [-0.2, 0) is 17.6 Å². The number of hydrogen-bond acceptors (Lipinski definition) is 6. The van der Waals surface area contributed by atoms with Crippen LogP contribution >= 0.6 is 0 Å². The van der Waals surface area contributed by atoms with Crippen LogP contribution in [0.15, 0.2) is 48.7 Å². The minimum absolute atomic E-state index is 0.0271. The second-order valence-electron chi connectivity index (χ2n) is 11.3. The number of fused-ring (bicyclic) bond motifs is 6. The molecule has 3 aromatic rings. The highest BCUT2D eigenvalue weighted by Crippen LogP contribution is 2.29. The fraction of sp³-hybridized carbons (Fsp3) is 0.419. The van der Waals surface area contributed by atoms with Gasteiger partial charge in [-0.2, -0.15) is 4.98 Å². The SMILES string of the molecule is Cc1cnc2nc1Nc1ccc(NC(=O)C3CCCN(C(=O)NC4CCCC4)C3)c(c1)CCc1cccc(c1)N2. The molecule has 9 heteroatoms. The quantitative estimate of drug-likeness (QED) is 0.341. The van der Waals surface area contributed by atoms with Gasteiger partial charge in [-0.3, -0.25) is 4.79 Å². The van der Waals surface area contributed by atoms with Crippen LogP contribution < -0.4 is 21.3 Å². The molecule has 1 saturated carbocycles. The number of piperidine rings is 1. The maximum atomic E-state index is 13.5. The van der Waals surface area contributed by atoms with Crippen LogP contribution in [0.25, 0.3) is 0 Å². The van der Waals surface area contributed by atoms with Gasteiger partial charge in [-0.1, -0.05) is 25.0 Å². The molecule has 4 N–H and O–H groups in total. The number of aryl methyl sites for hydroxylation is 3. The molecule has 0 spiro atoms. The zero-order valence-electron chi connectivity index (χ0n) is 23.0. The van der Waals surface area contributed by atoms with Gasteiger partial charge in [0.1, 0.15) is 5.82 Å². The molecule has 2 fully saturated rings. The normalized spacial score (nSPS) is 18.8. The van der Waals surface area contributed by atoms with E-state index in [1.165, 1.54) is 18.4 Å². The topological polar surface area (TPSA) is 111 Å². The molecule has 1 aliphatic carbocycles. The number of urea groups is 1. The lowest BCUT2D eigenvalue weighted by Crippen LogP contribution is -2.49. The summed E-state index contributed by atoms with van der Waals surface area (Å²) in [6.07, 6.45) is 9.45. The number of nitrogens with zero attached hydrogens (tertiary/aromatic N) is 3. The van der Waals surface area contributed by atoms with Crippen molar-refractivity contribution in [3.63, 3.8) is 0 Å². The third kappa shape index (κ3) is 6.03. The number of rotatable bonds is 3. The van der Waals surface area contributed by atoms with Crippen molar-refractivity contribution in [2.24, 2.45) is 5.92 Å². The van der Waals surface area contributed by atoms with Gasteiger partial charge >= 0.3 is 6.03 Å². The van der Waals surface area contributed by atoms with Crippen molar-refractivity contribution in [3.8, 4) is 0 Å². The average Bonchev–Trinajstić information content (AvgIpc) is 3.48. The Morgan fingerprint density at radius 1 is 0.975 bits per heavy atom. The average molecular weight is 540 g/mol. The van der Waals surface area contributed by atoms with Gasteiger partial charge in [0.15, 0.2) is 0 Å². The van der Waals surface area contributed by atoms with Crippen LogP contribution in [0, 0.1) is 12.8 Å². The van der Waals surface area contributed by atoms with E-state index in [0.717, 1.165) is 72.5 Å². The van der Waals surface area contributed by atoms with Crippen LogP contribution in [0.5, 0.6) is 0 Å². The van der Waals surface area contributed by atoms with Gasteiger partial charge in [0.25, 0.3) is 0 Å². The van der Waals surface area contributed by atoms with E-state index in [0.29, 0.717) is 19.0 Å². The van der Waals surface area contributed by atoms with Crippen molar-refractivity contribution in [1.29, 1.82) is 0 Å². The Morgan fingerprint density at radius 2 is 1.82 bits per heavy atom. The predicted octanol–water partition coefficient (Wildman–Crippen LogP) is 5.67. The molecule has 1 atom stereocenters. The van der Waals surface area contributed by atoms with Crippen molar-refractivity contribution in [2.45, 2.75) is 64.3 Å². The van der Waals surface area contributed by atoms with Crippen LogP contribution in [0.4, 0.5) is 33.6 Å². The zero-order chi connectivity index (χ0) is 27.5. The largest absolute Gasteiger partial charge is 0.340 e. The highest BCUT2D eigenvalue weighted by Gasteiger charge is 2.30. The molecular weight excluding hydrogens is 502 g/mol. The number of hydrogen-bond donors (Lipinski definition) is 4. The molecule has 3 heterocycles. The molecule has 6 bridgehead atoms. The van der Waals surface area contributed by atoms with Gasteiger partial charge in [0.2, 0.25) is 11.9 Å². The number of benzene rings is 2. The third-order valence-corrected chi connectivity index (χ3v) is 8.23. The molecule has 3 amide bonds. The lowest BCUT2D eigenvalue weighted by molar-refractivity contribution is -0.121. The highest BCUT2D eigenvalue weighted by molar-refractivity contribution is 5.94. The van der Waals surface area contributed by atoms with Crippen LogP contribution in [0.1, 0.15) is 55.2 Å². The van der Waals surface area contributed by atoms with Gasteiger partial charge in [-0.05, 0) is 86.9 Å². The Kier molecular flexibility index (Phi) is 7.53. The maximum absolute atomic E-state index is 13.5. The lowest BCUT2D eigenvalue weighted by Gasteiger charge is -2.33.